The molecule has 3 heterocycles. The van der Waals surface area contributed by atoms with Crippen molar-refractivity contribution in [1.82, 2.24) is 19.7 Å². The first kappa shape index (κ1) is 17.5. The van der Waals surface area contributed by atoms with Gasteiger partial charge in [0.2, 0.25) is 0 Å². The number of ether oxygens (including phenoxy) is 1. The molecule has 0 bridgehead atoms. The highest BCUT2D eigenvalue weighted by atomic mass is 19.4. The molecule has 27 heavy (non-hydrogen) atoms. The number of halogens is 3. The number of alkyl halides is 3. The number of hydrogen-bond donors (Lipinski definition) is 1. The molecule has 0 spiro atoms. The van der Waals surface area contributed by atoms with Crippen molar-refractivity contribution in [2.24, 2.45) is 0 Å². The van der Waals surface area contributed by atoms with Crippen LogP contribution in [0.1, 0.15) is 0 Å². The Balaban J connectivity index is 1.89. The predicted molar refractivity (Wildman–Crippen MR) is 91.5 cm³/mol. The van der Waals surface area contributed by atoms with Gasteiger partial charge in [0.15, 0.2) is 11.5 Å². The molecular formula is C17H16F3N5O2. The van der Waals surface area contributed by atoms with E-state index in [2.05, 4.69) is 15.1 Å². The molecule has 1 saturated heterocycles. The molecule has 0 atom stereocenters. The normalized spacial score (nSPS) is 15.4. The second-order valence-corrected chi connectivity index (χ2v) is 6.18. The number of rotatable bonds is 3. The fourth-order valence-corrected chi connectivity index (χ4v) is 3.02. The molecule has 1 fully saturated rings. The minimum absolute atomic E-state index is 0.0212. The van der Waals surface area contributed by atoms with Crippen LogP contribution >= 0.6 is 0 Å². The molecule has 1 aliphatic rings. The van der Waals surface area contributed by atoms with Crippen LogP contribution < -0.4 is 4.90 Å². The van der Waals surface area contributed by atoms with Crippen LogP contribution in [0.3, 0.4) is 0 Å². The molecule has 2 aromatic heterocycles. The van der Waals surface area contributed by atoms with E-state index < -0.39 is 12.7 Å². The van der Waals surface area contributed by atoms with Gasteiger partial charge in [0.05, 0.1) is 24.8 Å². The van der Waals surface area contributed by atoms with Gasteiger partial charge in [0.1, 0.15) is 18.1 Å². The van der Waals surface area contributed by atoms with Crippen LogP contribution in [-0.4, -0.2) is 57.3 Å². The number of benzene rings is 1. The van der Waals surface area contributed by atoms with Crippen molar-refractivity contribution in [2.75, 3.05) is 31.2 Å². The van der Waals surface area contributed by atoms with Crippen LogP contribution in [0.5, 0.6) is 5.75 Å². The Morgan fingerprint density at radius 3 is 2.63 bits per heavy atom. The quantitative estimate of drug-likeness (QED) is 0.754. The zero-order chi connectivity index (χ0) is 19.0. The average molecular weight is 379 g/mol. The standard InChI is InChI=1S/C17H16F3N5O2/c18-17(19,20)10-25-16-13(9-21-25)15(24-4-6-27-7-5-24)22-14(23-16)11-2-1-3-12(26)8-11/h1-3,8-9,26H,4-7,10H2. The zero-order valence-electron chi connectivity index (χ0n) is 14.1. The molecule has 0 unspecified atom stereocenters. The van der Waals surface area contributed by atoms with Crippen LogP contribution in [-0.2, 0) is 11.3 Å². The number of fused-ring (bicyclic) bond motifs is 1. The molecule has 3 aromatic rings. The van der Waals surface area contributed by atoms with Gasteiger partial charge in [0, 0.05) is 18.7 Å². The molecular weight excluding hydrogens is 363 g/mol. The fourth-order valence-electron chi connectivity index (χ4n) is 3.02. The molecule has 10 heteroatoms. The largest absolute Gasteiger partial charge is 0.508 e. The van der Waals surface area contributed by atoms with Crippen molar-refractivity contribution >= 4 is 16.9 Å². The lowest BCUT2D eigenvalue weighted by molar-refractivity contribution is -0.141. The van der Waals surface area contributed by atoms with E-state index in [9.17, 15) is 18.3 Å². The van der Waals surface area contributed by atoms with E-state index >= 15 is 0 Å². The van der Waals surface area contributed by atoms with E-state index in [1.165, 1.54) is 18.3 Å². The van der Waals surface area contributed by atoms with Crippen molar-refractivity contribution in [3.05, 3.63) is 30.5 Å². The molecule has 1 N–H and O–H groups in total. The topological polar surface area (TPSA) is 76.3 Å². The van der Waals surface area contributed by atoms with E-state index in [0.717, 1.165) is 4.68 Å². The zero-order valence-corrected chi connectivity index (χ0v) is 14.1. The Bertz CT molecular complexity index is 967. The summed E-state index contributed by atoms with van der Waals surface area (Å²) in [4.78, 5) is 10.8. The Morgan fingerprint density at radius 1 is 1.15 bits per heavy atom. The summed E-state index contributed by atoms with van der Waals surface area (Å²) in [7, 11) is 0. The summed E-state index contributed by atoms with van der Waals surface area (Å²) >= 11 is 0. The first-order chi connectivity index (χ1) is 12.9. The van der Waals surface area contributed by atoms with Gasteiger partial charge >= 0.3 is 6.18 Å². The highest BCUT2D eigenvalue weighted by Gasteiger charge is 2.30. The molecule has 0 saturated carbocycles. The number of phenols is 1. The van der Waals surface area contributed by atoms with Crippen molar-refractivity contribution in [3.8, 4) is 17.1 Å². The van der Waals surface area contributed by atoms with Gasteiger partial charge < -0.3 is 14.7 Å². The van der Waals surface area contributed by atoms with Crippen molar-refractivity contribution < 1.29 is 23.0 Å². The van der Waals surface area contributed by atoms with Crippen molar-refractivity contribution in [1.29, 1.82) is 0 Å². The van der Waals surface area contributed by atoms with Gasteiger partial charge in [-0.15, -0.1) is 0 Å². The van der Waals surface area contributed by atoms with Crippen molar-refractivity contribution in [2.45, 2.75) is 12.7 Å². The molecule has 1 aromatic carbocycles. The predicted octanol–water partition coefficient (Wildman–Crippen LogP) is 2.60. The van der Waals surface area contributed by atoms with Gasteiger partial charge in [-0.25, -0.2) is 14.6 Å². The van der Waals surface area contributed by atoms with E-state index in [-0.39, 0.29) is 17.2 Å². The highest BCUT2D eigenvalue weighted by molar-refractivity contribution is 5.88. The number of aromatic nitrogens is 4. The lowest BCUT2D eigenvalue weighted by Gasteiger charge is -2.28. The molecule has 142 valence electrons. The summed E-state index contributed by atoms with van der Waals surface area (Å²) in [6.45, 7) is 0.898. The minimum atomic E-state index is -4.42. The summed E-state index contributed by atoms with van der Waals surface area (Å²) in [6.07, 6.45) is -3.06. The first-order valence-corrected chi connectivity index (χ1v) is 8.33. The fraction of sp³-hybridized carbons (Fsp3) is 0.353. The average Bonchev–Trinajstić information content (AvgIpc) is 3.03. The van der Waals surface area contributed by atoms with Gasteiger partial charge in [-0.05, 0) is 12.1 Å². The number of anilines is 1. The monoisotopic (exact) mass is 379 g/mol. The lowest BCUT2D eigenvalue weighted by atomic mass is 10.2. The van der Waals surface area contributed by atoms with Gasteiger partial charge in [-0.3, -0.25) is 0 Å². The Hall–Kier alpha value is -2.88. The maximum Gasteiger partial charge on any atom is 0.408 e. The third-order valence-corrected chi connectivity index (χ3v) is 4.22. The van der Waals surface area contributed by atoms with E-state index in [0.29, 0.717) is 43.1 Å². The SMILES string of the molecule is Oc1cccc(-c2nc(N3CCOCC3)c3cnn(CC(F)(F)F)c3n2)c1. The molecule has 1 aliphatic heterocycles. The maximum absolute atomic E-state index is 12.9. The van der Waals surface area contributed by atoms with Gasteiger partial charge in [-0.2, -0.15) is 18.3 Å². The van der Waals surface area contributed by atoms with Crippen molar-refractivity contribution in [3.63, 3.8) is 0 Å². The number of aromatic hydroxyl groups is 1. The molecule has 0 radical (unpaired) electrons. The van der Waals surface area contributed by atoms with Crippen LogP contribution in [0, 0.1) is 0 Å². The number of hydrogen-bond acceptors (Lipinski definition) is 6. The Kier molecular flexibility index (Phi) is 4.34. The summed E-state index contributed by atoms with van der Waals surface area (Å²) in [6, 6.07) is 6.28. The van der Waals surface area contributed by atoms with E-state index in [4.69, 9.17) is 4.74 Å². The third kappa shape index (κ3) is 3.65. The van der Waals surface area contributed by atoms with E-state index in [1.54, 1.807) is 12.1 Å². The molecule has 7 nitrogen and oxygen atoms in total. The smallest absolute Gasteiger partial charge is 0.408 e. The second-order valence-electron chi connectivity index (χ2n) is 6.18. The van der Waals surface area contributed by atoms with E-state index in [1.807, 2.05) is 4.90 Å². The number of phenolic OH excluding ortho intramolecular Hbond substituents is 1. The van der Waals surface area contributed by atoms with Crippen LogP contribution in [0.25, 0.3) is 22.4 Å². The third-order valence-electron chi connectivity index (χ3n) is 4.22. The molecule has 0 amide bonds. The van der Waals surface area contributed by atoms with Crippen LogP contribution in [0.4, 0.5) is 19.0 Å². The van der Waals surface area contributed by atoms with Gasteiger partial charge in [0.25, 0.3) is 0 Å². The minimum Gasteiger partial charge on any atom is -0.508 e. The second kappa shape index (κ2) is 6.69. The van der Waals surface area contributed by atoms with Gasteiger partial charge in [-0.1, -0.05) is 12.1 Å². The van der Waals surface area contributed by atoms with Crippen LogP contribution in [0.15, 0.2) is 30.5 Å². The molecule has 4 rings (SSSR count). The van der Waals surface area contributed by atoms with Crippen LogP contribution in [0.2, 0.25) is 0 Å². The summed E-state index contributed by atoms with van der Waals surface area (Å²) in [5.74, 6) is 0.756. The number of morpholine rings is 1. The Labute approximate surface area is 152 Å². The number of nitrogens with zero attached hydrogens (tertiary/aromatic N) is 5. The summed E-state index contributed by atoms with van der Waals surface area (Å²) in [5, 5.41) is 14.0. The first-order valence-electron chi connectivity index (χ1n) is 8.33. The Morgan fingerprint density at radius 2 is 1.93 bits per heavy atom. The maximum atomic E-state index is 12.9. The summed E-state index contributed by atoms with van der Waals surface area (Å²) < 4.78 is 44.9. The summed E-state index contributed by atoms with van der Waals surface area (Å²) in [5.41, 5.74) is 0.605. The lowest BCUT2D eigenvalue weighted by Crippen LogP contribution is -2.37. The molecule has 0 aliphatic carbocycles. The highest BCUT2D eigenvalue weighted by Crippen LogP contribution is 2.30.